The molecule has 1 saturated heterocycles. The summed E-state index contributed by atoms with van der Waals surface area (Å²) in [4.78, 5) is 20.0. The minimum absolute atomic E-state index is 0.0321. The number of para-hydroxylation sites is 1. The molecule has 30 heavy (non-hydrogen) atoms. The van der Waals surface area contributed by atoms with Crippen LogP contribution in [0.5, 0.6) is 0 Å². The summed E-state index contributed by atoms with van der Waals surface area (Å²) in [5, 5.41) is 10.9. The van der Waals surface area contributed by atoms with E-state index < -0.39 is 0 Å². The molecule has 1 fully saturated rings. The standard InChI is InChI=1S/C23H28N6O/c1-16-19(23(30)24-9-6-12-28-10-4-5-11-28)14-29-22(16)21(26-15-27-29)18-13-25-20-8-3-2-7-17(18)20/h2-3,7-8,14-15,18,25H,4-6,9-13H2,1H3,(H,24,30). The van der Waals surface area contributed by atoms with E-state index in [2.05, 4.69) is 43.8 Å². The SMILES string of the molecule is Cc1c(C(=O)NCCCN2CCCC2)cn2ncnc(C3CNc4ccccc43)c12. The van der Waals surface area contributed by atoms with Gasteiger partial charge in [0, 0.05) is 30.9 Å². The number of benzene rings is 1. The van der Waals surface area contributed by atoms with E-state index in [9.17, 15) is 4.79 Å². The highest BCUT2D eigenvalue weighted by Gasteiger charge is 2.28. The Balaban J connectivity index is 1.35. The molecule has 2 aromatic heterocycles. The number of carbonyl (C=O) groups is 1. The lowest BCUT2D eigenvalue weighted by molar-refractivity contribution is 0.0951. The predicted octanol–water partition coefficient (Wildman–Crippen LogP) is 2.81. The van der Waals surface area contributed by atoms with Gasteiger partial charge in [0.05, 0.1) is 16.8 Å². The summed E-state index contributed by atoms with van der Waals surface area (Å²) < 4.78 is 1.80. The van der Waals surface area contributed by atoms with Crippen LogP contribution >= 0.6 is 0 Å². The summed E-state index contributed by atoms with van der Waals surface area (Å²) in [6, 6.07) is 8.34. The molecule has 7 nitrogen and oxygen atoms in total. The summed E-state index contributed by atoms with van der Waals surface area (Å²) in [6.45, 7) is 6.93. The number of hydrogen-bond acceptors (Lipinski definition) is 5. The first kappa shape index (κ1) is 19.1. The monoisotopic (exact) mass is 404 g/mol. The van der Waals surface area contributed by atoms with E-state index >= 15 is 0 Å². The molecular formula is C23H28N6O. The Morgan fingerprint density at radius 3 is 2.97 bits per heavy atom. The number of nitrogens with zero attached hydrogens (tertiary/aromatic N) is 4. The zero-order valence-corrected chi connectivity index (χ0v) is 17.4. The largest absolute Gasteiger partial charge is 0.384 e. The Hall–Kier alpha value is -2.93. The molecule has 0 bridgehead atoms. The minimum Gasteiger partial charge on any atom is -0.384 e. The van der Waals surface area contributed by atoms with Gasteiger partial charge in [-0.25, -0.2) is 9.50 Å². The molecule has 1 unspecified atom stereocenters. The predicted molar refractivity (Wildman–Crippen MR) is 117 cm³/mol. The van der Waals surface area contributed by atoms with Crippen LogP contribution in [0, 0.1) is 6.92 Å². The summed E-state index contributed by atoms with van der Waals surface area (Å²) >= 11 is 0. The molecule has 3 aromatic rings. The highest BCUT2D eigenvalue weighted by molar-refractivity contribution is 5.98. The van der Waals surface area contributed by atoms with Crippen LogP contribution in [-0.4, -0.2) is 58.1 Å². The number of amides is 1. The van der Waals surface area contributed by atoms with Gasteiger partial charge in [-0.1, -0.05) is 18.2 Å². The molecule has 7 heteroatoms. The molecule has 156 valence electrons. The maximum absolute atomic E-state index is 12.9. The molecule has 1 amide bonds. The molecule has 0 radical (unpaired) electrons. The van der Waals surface area contributed by atoms with Crippen molar-refractivity contribution in [2.24, 2.45) is 0 Å². The van der Waals surface area contributed by atoms with Gasteiger partial charge in [0.2, 0.25) is 0 Å². The second-order valence-corrected chi connectivity index (χ2v) is 8.29. The molecule has 5 rings (SSSR count). The van der Waals surface area contributed by atoms with E-state index in [1.807, 2.05) is 19.2 Å². The fourth-order valence-electron chi connectivity index (χ4n) is 4.81. The van der Waals surface area contributed by atoms with Crippen molar-refractivity contribution in [2.45, 2.75) is 32.1 Å². The molecule has 4 heterocycles. The Bertz CT molecular complexity index is 1070. The first-order chi connectivity index (χ1) is 14.7. The van der Waals surface area contributed by atoms with Crippen molar-refractivity contribution in [1.82, 2.24) is 24.8 Å². The van der Waals surface area contributed by atoms with Gasteiger partial charge in [0.25, 0.3) is 5.91 Å². The third kappa shape index (κ3) is 3.43. The maximum Gasteiger partial charge on any atom is 0.253 e. The first-order valence-electron chi connectivity index (χ1n) is 10.9. The van der Waals surface area contributed by atoms with Gasteiger partial charge in [0.15, 0.2) is 0 Å². The lowest BCUT2D eigenvalue weighted by Crippen LogP contribution is -2.28. The van der Waals surface area contributed by atoms with Gasteiger partial charge < -0.3 is 15.5 Å². The van der Waals surface area contributed by atoms with E-state index in [1.54, 1.807) is 10.8 Å². The van der Waals surface area contributed by atoms with Crippen molar-refractivity contribution in [2.75, 3.05) is 38.0 Å². The highest BCUT2D eigenvalue weighted by Crippen LogP contribution is 2.37. The maximum atomic E-state index is 12.9. The Kier molecular flexibility index (Phi) is 5.12. The molecule has 2 N–H and O–H groups in total. The van der Waals surface area contributed by atoms with E-state index in [4.69, 9.17) is 0 Å². The number of anilines is 1. The lowest BCUT2D eigenvalue weighted by Gasteiger charge is -2.14. The van der Waals surface area contributed by atoms with Crippen LogP contribution in [-0.2, 0) is 0 Å². The quantitative estimate of drug-likeness (QED) is 0.618. The van der Waals surface area contributed by atoms with Crippen molar-refractivity contribution in [1.29, 1.82) is 0 Å². The minimum atomic E-state index is -0.0321. The third-order valence-corrected chi connectivity index (χ3v) is 6.40. The Morgan fingerprint density at radius 1 is 1.27 bits per heavy atom. The average molecular weight is 405 g/mol. The molecule has 1 atom stereocenters. The average Bonchev–Trinajstić information content (AvgIpc) is 3.50. The van der Waals surface area contributed by atoms with Gasteiger partial charge in [-0.3, -0.25) is 4.79 Å². The molecular weight excluding hydrogens is 376 g/mol. The normalized spacial score (nSPS) is 18.5. The van der Waals surface area contributed by atoms with Crippen molar-refractivity contribution in [3.8, 4) is 0 Å². The van der Waals surface area contributed by atoms with Crippen LogP contribution in [0.3, 0.4) is 0 Å². The van der Waals surface area contributed by atoms with Crippen LogP contribution in [0.1, 0.15) is 52.4 Å². The third-order valence-electron chi connectivity index (χ3n) is 6.40. The zero-order chi connectivity index (χ0) is 20.5. The number of nitrogens with one attached hydrogen (secondary N) is 2. The highest BCUT2D eigenvalue weighted by atomic mass is 16.1. The number of likely N-dealkylation sites (tertiary alicyclic amines) is 1. The van der Waals surface area contributed by atoms with Crippen LogP contribution in [0.15, 0.2) is 36.8 Å². The zero-order valence-electron chi connectivity index (χ0n) is 17.4. The van der Waals surface area contributed by atoms with Gasteiger partial charge in [-0.2, -0.15) is 5.10 Å². The number of hydrogen-bond donors (Lipinski definition) is 2. The van der Waals surface area contributed by atoms with E-state index in [1.165, 1.54) is 31.5 Å². The Labute approximate surface area is 176 Å². The fraction of sp³-hybridized carbons (Fsp3) is 0.435. The number of aryl methyl sites for hydroxylation is 1. The van der Waals surface area contributed by atoms with E-state index in [0.717, 1.165) is 42.0 Å². The fourth-order valence-corrected chi connectivity index (χ4v) is 4.81. The van der Waals surface area contributed by atoms with Crippen molar-refractivity contribution in [3.63, 3.8) is 0 Å². The number of aromatic nitrogens is 3. The number of rotatable bonds is 6. The second kappa shape index (κ2) is 8.07. The van der Waals surface area contributed by atoms with Gasteiger partial charge in [0.1, 0.15) is 6.33 Å². The van der Waals surface area contributed by atoms with Gasteiger partial charge in [-0.15, -0.1) is 0 Å². The van der Waals surface area contributed by atoms with Gasteiger partial charge >= 0.3 is 0 Å². The van der Waals surface area contributed by atoms with Gasteiger partial charge in [-0.05, 0) is 63.0 Å². The summed E-state index contributed by atoms with van der Waals surface area (Å²) in [5.41, 5.74) is 5.91. The number of carbonyl (C=O) groups excluding carboxylic acids is 1. The summed E-state index contributed by atoms with van der Waals surface area (Å²) in [6.07, 6.45) is 6.99. The smallest absolute Gasteiger partial charge is 0.253 e. The molecule has 2 aliphatic rings. The molecule has 2 aliphatic heterocycles. The molecule has 0 spiro atoms. The molecule has 0 saturated carbocycles. The second-order valence-electron chi connectivity index (χ2n) is 8.29. The van der Waals surface area contributed by atoms with E-state index in [0.29, 0.717) is 12.1 Å². The molecule has 1 aromatic carbocycles. The summed E-state index contributed by atoms with van der Waals surface area (Å²) in [5.74, 6) is 0.118. The summed E-state index contributed by atoms with van der Waals surface area (Å²) in [7, 11) is 0. The van der Waals surface area contributed by atoms with Crippen molar-refractivity contribution in [3.05, 3.63) is 59.2 Å². The Morgan fingerprint density at radius 2 is 2.10 bits per heavy atom. The first-order valence-corrected chi connectivity index (χ1v) is 10.9. The van der Waals surface area contributed by atoms with E-state index in [-0.39, 0.29) is 11.8 Å². The number of fused-ring (bicyclic) bond motifs is 2. The van der Waals surface area contributed by atoms with Crippen molar-refractivity contribution >= 4 is 17.1 Å². The van der Waals surface area contributed by atoms with Crippen LogP contribution in [0.25, 0.3) is 5.52 Å². The van der Waals surface area contributed by atoms with Crippen LogP contribution in [0.4, 0.5) is 5.69 Å². The van der Waals surface area contributed by atoms with Crippen LogP contribution in [0.2, 0.25) is 0 Å². The van der Waals surface area contributed by atoms with Crippen LogP contribution < -0.4 is 10.6 Å². The lowest BCUT2D eigenvalue weighted by atomic mass is 9.96. The molecule has 0 aliphatic carbocycles. The van der Waals surface area contributed by atoms with Crippen molar-refractivity contribution < 1.29 is 4.79 Å². The topological polar surface area (TPSA) is 74.6 Å².